The SMILES string of the molecule is O=S(=O)(O)C(F)(F)COCCCCCOCC1CO1. The zero-order valence-electron chi connectivity index (χ0n) is 10.4. The van der Waals surface area contributed by atoms with Gasteiger partial charge in [0.1, 0.15) is 12.7 Å². The summed E-state index contributed by atoms with van der Waals surface area (Å²) in [6.45, 7) is 0.576. The van der Waals surface area contributed by atoms with Crippen LogP contribution in [0.4, 0.5) is 8.78 Å². The normalized spacial score (nSPS) is 19.6. The van der Waals surface area contributed by atoms with Crippen molar-refractivity contribution < 1.29 is 36.0 Å². The quantitative estimate of drug-likeness (QED) is 0.349. The lowest BCUT2D eigenvalue weighted by atomic mass is 10.2. The van der Waals surface area contributed by atoms with Gasteiger partial charge in [0.2, 0.25) is 0 Å². The second-order valence-electron chi connectivity index (χ2n) is 4.26. The summed E-state index contributed by atoms with van der Waals surface area (Å²) in [5.74, 6) is 0. The summed E-state index contributed by atoms with van der Waals surface area (Å²) in [5.41, 5.74) is 0. The van der Waals surface area contributed by atoms with E-state index in [-0.39, 0.29) is 12.7 Å². The minimum Gasteiger partial charge on any atom is -0.379 e. The number of hydrogen-bond donors (Lipinski definition) is 1. The van der Waals surface area contributed by atoms with Crippen LogP contribution in [0, 0.1) is 0 Å². The minimum atomic E-state index is -5.40. The van der Waals surface area contributed by atoms with Crippen molar-refractivity contribution in [1.82, 2.24) is 0 Å². The second kappa shape index (κ2) is 7.44. The zero-order valence-corrected chi connectivity index (χ0v) is 11.2. The van der Waals surface area contributed by atoms with Gasteiger partial charge in [0, 0.05) is 13.2 Å². The molecule has 1 atom stereocenters. The Kier molecular flexibility index (Phi) is 6.54. The third-order valence-corrected chi connectivity index (χ3v) is 3.30. The van der Waals surface area contributed by atoms with Gasteiger partial charge in [-0.05, 0) is 19.3 Å². The zero-order chi connectivity index (χ0) is 14.4. The van der Waals surface area contributed by atoms with Crippen molar-refractivity contribution in [3.05, 3.63) is 0 Å². The summed E-state index contributed by atoms with van der Waals surface area (Å²) in [6, 6.07) is 0. The summed E-state index contributed by atoms with van der Waals surface area (Å²) in [4.78, 5) is 0. The molecule has 0 spiro atoms. The van der Waals surface area contributed by atoms with Crippen molar-refractivity contribution in [2.24, 2.45) is 0 Å². The molecule has 1 rings (SSSR count). The smallest absolute Gasteiger partial charge is 0.379 e. The Morgan fingerprint density at radius 2 is 1.79 bits per heavy atom. The van der Waals surface area contributed by atoms with Gasteiger partial charge < -0.3 is 14.2 Å². The molecule has 0 saturated carbocycles. The lowest BCUT2D eigenvalue weighted by molar-refractivity contribution is -0.0214. The van der Waals surface area contributed by atoms with E-state index < -0.39 is 22.0 Å². The molecule has 114 valence electrons. The molecule has 0 amide bonds. The Morgan fingerprint density at radius 3 is 2.32 bits per heavy atom. The predicted octanol–water partition coefficient (Wildman–Crippen LogP) is 1.07. The first-order valence-corrected chi connectivity index (χ1v) is 7.39. The average molecular weight is 304 g/mol. The molecule has 0 bridgehead atoms. The largest absolute Gasteiger partial charge is 0.392 e. The van der Waals surface area contributed by atoms with E-state index in [1.54, 1.807) is 0 Å². The van der Waals surface area contributed by atoms with Crippen molar-refractivity contribution in [3.63, 3.8) is 0 Å². The van der Waals surface area contributed by atoms with E-state index >= 15 is 0 Å². The van der Waals surface area contributed by atoms with Gasteiger partial charge in [0.15, 0.2) is 0 Å². The molecule has 0 aromatic heterocycles. The van der Waals surface area contributed by atoms with Crippen molar-refractivity contribution in [3.8, 4) is 0 Å². The van der Waals surface area contributed by atoms with Crippen molar-refractivity contribution in [2.75, 3.05) is 33.0 Å². The second-order valence-corrected chi connectivity index (χ2v) is 5.80. The lowest BCUT2D eigenvalue weighted by Crippen LogP contribution is -2.33. The third-order valence-electron chi connectivity index (χ3n) is 2.43. The molecule has 1 heterocycles. The molecular weight excluding hydrogens is 286 g/mol. The van der Waals surface area contributed by atoms with Crippen LogP contribution in [0.2, 0.25) is 0 Å². The molecule has 1 aliphatic heterocycles. The fourth-order valence-electron chi connectivity index (χ4n) is 1.23. The third kappa shape index (κ3) is 7.11. The highest BCUT2D eigenvalue weighted by atomic mass is 32.2. The van der Waals surface area contributed by atoms with E-state index in [0.717, 1.165) is 19.4 Å². The van der Waals surface area contributed by atoms with E-state index in [4.69, 9.17) is 14.0 Å². The highest BCUT2D eigenvalue weighted by molar-refractivity contribution is 7.86. The number of epoxide rings is 1. The number of rotatable bonds is 11. The summed E-state index contributed by atoms with van der Waals surface area (Å²) >= 11 is 0. The Hall–Kier alpha value is -0.350. The minimum absolute atomic E-state index is 0.0108. The first kappa shape index (κ1) is 16.7. The van der Waals surface area contributed by atoms with Crippen molar-refractivity contribution in [1.29, 1.82) is 0 Å². The van der Waals surface area contributed by atoms with Gasteiger partial charge >= 0.3 is 15.4 Å². The molecular formula is C10H18F2O6S. The monoisotopic (exact) mass is 304 g/mol. The highest BCUT2D eigenvalue weighted by Crippen LogP contribution is 2.20. The number of halogens is 2. The van der Waals surface area contributed by atoms with Gasteiger partial charge in [-0.3, -0.25) is 4.55 Å². The molecule has 19 heavy (non-hydrogen) atoms. The Bertz CT molecular complexity index is 355. The molecule has 0 radical (unpaired) electrons. The molecule has 1 unspecified atom stereocenters. The Labute approximate surface area is 110 Å². The van der Waals surface area contributed by atoms with Crippen LogP contribution < -0.4 is 0 Å². The summed E-state index contributed by atoms with van der Waals surface area (Å²) < 4.78 is 68.8. The Morgan fingerprint density at radius 1 is 1.21 bits per heavy atom. The van der Waals surface area contributed by atoms with E-state index in [9.17, 15) is 17.2 Å². The van der Waals surface area contributed by atoms with Crippen LogP contribution in [0.15, 0.2) is 0 Å². The fourth-order valence-corrected chi connectivity index (χ4v) is 1.46. The lowest BCUT2D eigenvalue weighted by Gasteiger charge is -2.12. The van der Waals surface area contributed by atoms with Crippen LogP contribution in [0.3, 0.4) is 0 Å². The summed E-state index contributed by atoms with van der Waals surface area (Å²) in [6.07, 6.45) is 2.24. The van der Waals surface area contributed by atoms with Crippen molar-refractivity contribution in [2.45, 2.75) is 30.6 Å². The summed E-state index contributed by atoms with van der Waals surface area (Å²) in [5, 5.41) is -4.25. The van der Waals surface area contributed by atoms with E-state index in [0.29, 0.717) is 19.6 Å². The van der Waals surface area contributed by atoms with Crippen LogP contribution in [0.1, 0.15) is 19.3 Å². The van der Waals surface area contributed by atoms with Gasteiger partial charge in [-0.1, -0.05) is 0 Å². The van der Waals surface area contributed by atoms with Gasteiger partial charge in [-0.25, -0.2) is 0 Å². The maximum Gasteiger partial charge on any atom is 0.392 e. The fraction of sp³-hybridized carbons (Fsp3) is 1.00. The molecule has 1 aliphatic rings. The van der Waals surface area contributed by atoms with Crippen LogP contribution in [-0.4, -0.2) is 57.4 Å². The van der Waals surface area contributed by atoms with E-state index in [1.807, 2.05) is 0 Å². The maximum absolute atomic E-state index is 12.7. The van der Waals surface area contributed by atoms with Crippen LogP contribution in [-0.2, 0) is 24.3 Å². The molecule has 0 aromatic rings. The molecule has 1 N–H and O–H groups in total. The highest BCUT2D eigenvalue weighted by Gasteiger charge is 2.44. The van der Waals surface area contributed by atoms with Crippen molar-refractivity contribution >= 4 is 10.1 Å². The number of unbranched alkanes of at least 4 members (excludes halogenated alkanes) is 2. The number of ether oxygens (including phenoxy) is 3. The first-order chi connectivity index (χ1) is 8.83. The standard InChI is InChI=1S/C10H18F2O6S/c11-10(12,19(13,14)15)8-17-5-3-1-2-4-16-6-9-7-18-9/h9H,1-8H2,(H,13,14,15). The maximum atomic E-state index is 12.7. The molecule has 9 heteroatoms. The van der Waals surface area contributed by atoms with E-state index in [1.165, 1.54) is 0 Å². The van der Waals surface area contributed by atoms with Gasteiger partial charge in [0.05, 0.1) is 13.2 Å². The Balaban J connectivity index is 1.90. The summed E-state index contributed by atoms with van der Waals surface area (Å²) in [7, 11) is -5.40. The number of alkyl halides is 2. The number of hydrogen-bond acceptors (Lipinski definition) is 5. The molecule has 1 fully saturated rings. The van der Waals surface area contributed by atoms with Gasteiger partial charge in [0.25, 0.3) is 0 Å². The average Bonchev–Trinajstić information content (AvgIpc) is 3.09. The van der Waals surface area contributed by atoms with Gasteiger partial charge in [-0.15, -0.1) is 0 Å². The molecule has 6 nitrogen and oxygen atoms in total. The van der Waals surface area contributed by atoms with Crippen LogP contribution >= 0.6 is 0 Å². The predicted molar refractivity (Wildman–Crippen MR) is 61.7 cm³/mol. The topological polar surface area (TPSA) is 85.4 Å². The molecule has 0 aliphatic carbocycles. The molecule has 1 saturated heterocycles. The van der Waals surface area contributed by atoms with Gasteiger partial charge in [-0.2, -0.15) is 17.2 Å². The van der Waals surface area contributed by atoms with Crippen LogP contribution in [0.25, 0.3) is 0 Å². The first-order valence-electron chi connectivity index (χ1n) is 5.95. The van der Waals surface area contributed by atoms with Crippen LogP contribution in [0.5, 0.6) is 0 Å². The molecule has 0 aromatic carbocycles. The van der Waals surface area contributed by atoms with E-state index in [2.05, 4.69) is 4.74 Å².